The molecule has 1 aliphatic heterocycles. The second-order valence-electron chi connectivity index (χ2n) is 4.81. The molecule has 2 heterocycles. The Bertz CT molecular complexity index is 656. The third-order valence-corrected chi connectivity index (χ3v) is 3.40. The molecule has 0 aliphatic carbocycles. The first kappa shape index (κ1) is 15.6. The number of rotatable bonds is 2. The van der Waals surface area contributed by atoms with Gasteiger partial charge in [-0.05, 0) is 30.7 Å². The average Bonchev–Trinajstić information content (AvgIpc) is 2.97. The fourth-order valence-corrected chi connectivity index (χ4v) is 2.40. The molecule has 0 bridgehead atoms. The Morgan fingerprint density at radius 1 is 1.19 bits per heavy atom. The number of hydrogen-bond donors (Lipinski definition) is 0. The SMILES string of the molecule is Cc1cc(C#N)cnc1N1[B]N(c2ccccc2)CC1.[Ir]. The number of anilines is 2. The maximum Gasteiger partial charge on any atom is 0.392 e. The van der Waals surface area contributed by atoms with Gasteiger partial charge in [-0.2, -0.15) is 5.26 Å². The Morgan fingerprint density at radius 3 is 2.57 bits per heavy atom. The summed E-state index contributed by atoms with van der Waals surface area (Å²) < 4.78 is 0. The second-order valence-corrected chi connectivity index (χ2v) is 4.81. The zero-order chi connectivity index (χ0) is 13.9. The molecule has 1 aromatic carbocycles. The van der Waals surface area contributed by atoms with Crippen LogP contribution in [0.1, 0.15) is 11.1 Å². The number of para-hydroxylation sites is 1. The van der Waals surface area contributed by atoms with Crippen molar-refractivity contribution < 1.29 is 20.1 Å². The van der Waals surface area contributed by atoms with E-state index in [0.717, 1.165) is 24.5 Å². The van der Waals surface area contributed by atoms with Gasteiger partial charge in [-0.15, -0.1) is 0 Å². The summed E-state index contributed by atoms with van der Waals surface area (Å²) >= 11 is 0. The van der Waals surface area contributed by atoms with Gasteiger partial charge in [0.15, 0.2) is 0 Å². The summed E-state index contributed by atoms with van der Waals surface area (Å²) in [6.07, 6.45) is 1.63. The summed E-state index contributed by atoms with van der Waals surface area (Å²) in [6.45, 7) is 3.82. The Balaban J connectivity index is 0.00000161. The molecule has 1 aliphatic rings. The number of nitriles is 1. The van der Waals surface area contributed by atoms with Gasteiger partial charge in [0.2, 0.25) is 0 Å². The average molecular weight is 453 g/mol. The first-order valence-corrected chi connectivity index (χ1v) is 6.58. The first-order valence-electron chi connectivity index (χ1n) is 6.58. The summed E-state index contributed by atoms with van der Waals surface area (Å²) in [6, 6.07) is 14.3. The summed E-state index contributed by atoms with van der Waals surface area (Å²) in [7, 11) is 2.08. The molecule has 1 fully saturated rings. The van der Waals surface area contributed by atoms with Gasteiger partial charge < -0.3 is 9.62 Å². The van der Waals surface area contributed by atoms with E-state index in [-0.39, 0.29) is 20.1 Å². The van der Waals surface area contributed by atoms with E-state index in [4.69, 9.17) is 5.26 Å². The maximum absolute atomic E-state index is 8.89. The van der Waals surface area contributed by atoms with Crippen LogP contribution in [-0.4, -0.2) is 25.6 Å². The minimum absolute atomic E-state index is 0. The van der Waals surface area contributed by atoms with Crippen LogP contribution in [0.3, 0.4) is 0 Å². The zero-order valence-corrected chi connectivity index (χ0v) is 14.1. The first-order chi connectivity index (χ1) is 9.78. The van der Waals surface area contributed by atoms with Crippen molar-refractivity contribution in [3.8, 4) is 6.07 Å². The van der Waals surface area contributed by atoms with Crippen LogP contribution in [0.5, 0.6) is 0 Å². The van der Waals surface area contributed by atoms with Gasteiger partial charge in [-0.3, -0.25) is 0 Å². The predicted molar refractivity (Wildman–Crippen MR) is 80.6 cm³/mol. The smallest absolute Gasteiger partial charge is 0.392 e. The minimum atomic E-state index is 0. The molecular formula is C15H14BIrN4. The monoisotopic (exact) mass is 454 g/mol. The summed E-state index contributed by atoms with van der Waals surface area (Å²) in [5.41, 5.74) is 2.81. The van der Waals surface area contributed by atoms with Crippen molar-refractivity contribution in [3.63, 3.8) is 0 Å². The van der Waals surface area contributed by atoms with Gasteiger partial charge in [-0.1, -0.05) is 18.2 Å². The Labute approximate surface area is 139 Å². The molecule has 0 saturated carbocycles. The largest absolute Gasteiger partial charge is 0.397 e. The molecule has 0 unspecified atom stereocenters. The van der Waals surface area contributed by atoms with E-state index in [1.54, 1.807) is 6.20 Å². The molecule has 3 rings (SSSR count). The van der Waals surface area contributed by atoms with E-state index in [2.05, 4.69) is 40.4 Å². The Hall–Kier alpha value is -1.83. The summed E-state index contributed by atoms with van der Waals surface area (Å²) in [4.78, 5) is 8.74. The fraction of sp³-hybridized carbons (Fsp3) is 0.200. The van der Waals surface area contributed by atoms with Crippen LogP contribution in [-0.2, 0) is 20.1 Å². The number of hydrogen-bond acceptors (Lipinski definition) is 4. The van der Waals surface area contributed by atoms with Crippen molar-refractivity contribution in [1.82, 2.24) is 4.98 Å². The van der Waals surface area contributed by atoms with E-state index in [1.807, 2.05) is 31.2 Å². The van der Waals surface area contributed by atoms with Crippen LogP contribution in [0, 0.1) is 18.3 Å². The van der Waals surface area contributed by atoms with Crippen LogP contribution < -0.4 is 9.62 Å². The van der Waals surface area contributed by atoms with E-state index < -0.39 is 0 Å². The molecule has 1 saturated heterocycles. The van der Waals surface area contributed by atoms with Crippen molar-refractivity contribution in [2.24, 2.45) is 0 Å². The molecule has 2 radical (unpaired) electrons. The van der Waals surface area contributed by atoms with Gasteiger partial charge in [-0.25, -0.2) is 4.98 Å². The van der Waals surface area contributed by atoms with E-state index in [1.165, 1.54) is 5.69 Å². The number of aryl methyl sites for hydroxylation is 1. The standard InChI is InChI=1S/C15H14BN4.Ir/c1-12-9-13(10-17)11-18-15(12)20-8-7-19(16-20)14-5-3-2-4-6-14;/h2-6,9,11H,7-8H2,1H3;. The summed E-state index contributed by atoms with van der Waals surface area (Å²) in [5.74, 6) is 0.919. The van der Waals surface area contributed by atoms with Crippen molar-refractivity contribution in [2.45, 2.75) is 6.92 Å². The maximum atomic E-state index is 8.89. The molecule has 0 atom stereocenters. The van der Waals surface area contributed by atoms with Gasteiger partial charge in [0.1, 0.15) is 11.9 Å². The molecule has 0 spiro atoms. The molecule has 21 heavy (non-hydrogen) atoms. The molecular weight excluding hydrogens is 439 g/mol. The second kappa shape index (κ2) is 6.75. The molecule has 4 nitrogen and oxygen atoms in total. The van der Waals surface area contributed by atoms with Crippen LogP contribution in [0.15, 0.2) is 42.6 Å². The van der Waals surface area contributed by atoms with E-state index >= 15 is 0 Å². The Kier molecular flexibility index (Phi) is 5.00. The number of benzene rings is 1. The number of aromatic nitrogens is 1. The van der Waals surface area contributed by atoms with Gasteiger partial charge >= 0.3 is 7.55 Å². The van der Waals surface area contributed by atoms with Gasteiger partial charge in [0.05, 0.1) is 5.56 Å². The van der Waals surface area contributed by atoms with Gasteiger partial charge in [0, 0.05) is 45.1 Å². The Morgan fingerprint density at radius 2 is 1.90 bits per heavy atom. The third-order valence-electron chi connectivity index (χ3n) is 3.40. The topological polar surface area (TPSA) is 43.2 Å². The predicted octanol–water partition coefficient (Wildman–Crippen LogP) is 2.12. The van der Waals surface area contributed by atoms with Crippen LogP contribution >= 0.6 is 0 Å². The van der Waals surface area contributed by atoms with E-state index in [9.17, 15) is 0 Å². The zero-order valence-electron chi connectivity index (χ0n) is 11.7. The molecule has 0 amide bonds. The normalized spacial score (nSPS) is 13.3. The van der Waals surface area contributed by atoms with Gasteiger partial charge in [0.25, 0.3) is 0 Å². The number of pyridine rings is 1. The van der Waals surface area contributed by atoms with E-state index in [0.29, 0.717) is 5.56 Å². The minimum Gasteiger partial charge on any atom is -0.397 e. The quantitative estimate of drug-likeness (QED) is 0.654. The fourth-order valence-electron chi connectivity index (χ4n) is 2.40. The number of nitrogens with zero attached hydrogens (tertiary/aromatic N) is 4. The summed E-state index contributed by atoms with van der Waals surface area (Å²) in [5, 5.41) is 8.89. The van der Waals surface area contributed by atoms with Crippen molar-refractivity contribution in [3.05, 3.63) is 53.7 Å². The van der Waals surface area contributed by atoms with Crippen LogP contribution in [0.2, 0.25) is 0 Å². The van der Waals surface area contributed by atoms with Crippen molar-refractivity contribution in [1.29, 1.82) is 5.26 Å². The molecule has 1 aromatic heterocycles. The molecule has 6 heteroatoms. The van der Waals surface area contributed by atoms with Crippen LogP contribution in [0.25, 0.3) is 0 Å². The van der Waals surface area contributed by atoms with Crippen molar-refractivity contribution >= 4 is 19.1 Å². The molecule has 0 N–H and O–H groups in total. The van der Waals surface area contributed by atoms with Crippen LogP contribution in [0.4, 0.5) is 11.5 Å². The third kappa shape index (κ3) is 3.26. The van der Waals surface area contributed by atoms with Crippen molar-refractivity contribution in [2.75, 3.05) is 22.7 Å². The molecule has 106 valence electrons. The molecule has 2 aromatic rings.